The van der Waals surface area contributed by atoms with E-state index in [9.17, 15) is 52.7 Å². The monoisotopic (exact) mass is 676 g/mol. The normalized spacial score (nSPS) is 17.1. The van der Waals surface area contributed by atoms with Gasteiger partial charge in [0, 0.05) is 35.7 Å². The number of hydrogen-bond acceptors (Lipinski definition) is 5. The van der Waals surface area contributed by atoms with Gasteiger partial charge in [0.2, 0.25) is 5.75 Å². The van der Waals surface area contributed by atoms with Crippen LogP contribution in [0.1, 0.15) is 42.7 Å². The molecule has 0 radical (unpaired) electrons. The van der Waals surface area contributed by atoms with Crippen molar-refractivity contribution in [2.24, 2.45) is 5.92 Å². The van der Waals surface area contributed by atoms with E-state index >= 15 is 0 Å². The lowest BCUT2D eigenvalue weighted by atomic mass is 10.0. The van der Waals surface area contributed by atoms with Crippen molar-refractivity contribution in [3.63, 3.8) is 0 Å². The Morgan fingerprint density at radius 2 is 1.26 bits per heavy atom. The Morgan fingerprint density at radius 1 is 0.739 bits per heavy atom. The zero-order chi connectivity index (χ0) is 34.0. The van der Waals surface area contributed by atoms with Gasteiger partial charge in [-0.2, -0.15) is 30.7 Å². The summed E-state index contributed by atoms with van der Waals surface area (Å²) in [7, 11) is 0. The fourth-order valence-corrected chi connectivity index (χ4v) is 4.33. The number of benzene rings is 3. The van der Waals surface area contributed by atoms with Gasteiger partial charge in [-0.3, -0.25) is 0 Å². The van der Waals surface area contributed by atoms with E-state index in [-0.39, 0.29) is 49.0 Å². The second-order valence-corrected chi connectivity index (χ2v) is 9.74. The molecule has 1 aliphatic rings. The Hall–Kier alpha value is -4.12. The SMILES string of the molecule is CCCC1COC(c2ccc(C(F)(F)Oc3cc(F)c(C(F)(F)Oc4cc(F)c(OC(F)=C(F)F)c(F)c4)c(F)c3)c(F)c2)OC1. The molecule has 46 heavy (non-hydrogen) atoms. The molecular formula is C29H20F12O5. The molecule has 0 aliphatic carbocycles. The van der Waals surface area contributed by atoms with Crippen LogP contribution in [0, 0.1) is 35.0 Å². The third kappa shape index (κ3) is 7.81. The zero-order valence-corrected chi connectivity index (χ0v) is 23.1. The van der Waals surface area contributed by atoms with E-state index in [0.717, 1.165) is 18.9 Å². The van der Waals surface area contributed by atoms with Crippen LogP contribution in [-0.4, -0.2) is 13.2 Å². The Bertz CT molecular complexity index is 1560. The van der Waals surface area contributed by atoms with E-state index in [4.69, 9.17) is 9.47 Å². The van der Waals surface area contributed by atoms with Crippen molar-refractivity contribution >= 4 is 0 Å². The summed E-state index contributed by atoms with van der Waals surface area (Å²) < 4.78 is 191. The van der Waals surface area contributed by atoms with Crippen LogP contribution in [0.4, 0.5) is 52.7 Å². The van der Waals surface area contributed by atoms with Crippen LogP contribution in [0.5, 0.6) is 17.2 Å². The minimum atomic E-state index is -5.09. The lowest BCUT2D eigenvalue weighted by Gasteiger charge is -2.29. The minimum Gasteiger partial charge on any atom is -0.429 e. The number of hydrogen-bond donors (Lipinski definition) is 0. The molecular weight excluding hydrogens is 656 g/mol. The maximum atomic E-state index is 14.8. The number of halogens is 12. The van der Waals surface area contributed by atoms with Crippen LogP contribution in [0.15, 0.2) is 54.6 Å². The van der Waals surface area contributed by atoms with Gasteiger partial charge in [0.05, 0.1) is 18.8 Å². The highest BCUT2D eigenvalue weighted by molar-refractivity contribution is 5.38. The molecule has 0 spiro atoms. The molecule has 250 valence electrons. The first-order valence-electron chi connectivity index (χ1n) is 13.1. The van der Waals surface area contributed by atoms with Crippen molar-refractivity contribution in [2.75, 3.05) is 13.2 Å². The molecule has 1 aliphatic heterocycles. The van der Waals surface area contributed by atoms with E-state index in [2.05, 4.69) is 14.2 Å². The van der Waals surface area contributed by atoms with Gasteiger partial charge >= 0.3 is 24.3 Å². The predicted molar refractivity (Wildman–Crippen MR) is 132 cm³/mol. The summed E-state index contributed by atoms with van der Waals surface area (Å²) in [6, 6.07) is -0.853. The molecule has 1 saturated heterocycles. The summed E-state index contributed by atoms with van der Waals surface area (Å²) in [5.41, 5.74) is -3.58. The molecule has 1 fully saturated rings. The lowest BCUT2D eigenvalue weighted by molar-refractivity contribution is -0.206. The Balaban J connectivity index is 1.51. The van der Waals surface area contributed by atoms with Crippen molar-refractivity contribution in [1.29, 1.82) is 0 Å². The van der Waals surface area contributed by atoms with Crippen molar-refractivity contribution < 1.29 is 76.4 Å². The largest absolute Gasteiger partial charge is 0.432 e. The smallest absolute Gasteiger partial charge is 0.429 e. The Morgan fingerprint density at radius 3 is 1.76 bits per heavy atom. The van der Waals surface area contributed by atoms with Gasteiger partial charge < -0.3 is 23.7 Å². The second kappa shape index (κ2) is 13.7. The fourth-order valence-electron chi connectivity index (χ4n) is 4.33. The van der Waals surface area contributed by atoms with Gasteiger partial charge in [0.1, 0.15) is 34.5 Å². The van der Waals surface area contributed by atoms with E-state index in [0.29, 0.717) is 12.1 Å². The van der Waals surface area contributed by atoms with Crippen molar-refractivity contribution in [3.8, 4) is 17.2 Å². The minimum absolute atomic E-state index is 0.0512. The summed E-state index contributed by atoms with van der Waals surface area (Å²) in [5.74, 6) is -14.6. The average Bonchev–Trinajstić information content (AvgIpc) is 2.94. The molecule has 4 rings (SSSR count). The van der Waals surface area contributed by atoms with Crippen molar-refractivity contribution in [2.45, 2.75) is 38.3 Å². The zero-order valence-electron chi connectivity index (χ0n) is 23.1. The summed E-state index contributed by atoms with van der Waals surface area (Å²) >= 11 is 0. The summed E-state index contributed by atoms with van der Waals surface area (Å²) in [6.45, 7) is 2.54. The Kier molecular flexibility index (Phi) is 10.4. The van der Waals surface area contributed by atoms with Crippen LogP contribution in [0.25, 0.3) is 0 Å². The number of ether oxygens (including phenoxy) is 5. The van der Waals surface area contributed by atoms with Crippen LogP contribution < -0.4 is 14.2 Å². The van der Waals surface area contributed by atoms with Crippen LogP contribution >= 0.6 is 0 Å². The number of alkyl halides is 4. The first kappa shape index (κ1) is 34.7. The van der Waals surface area contributed by atoms with Crippen LogP contribution in [-0.2, 0) is 21.7 Å². The van der Waals surface area contributed by atoms with Gasteiger partial charge in [-0.25, -0.2) is 22.0 Å². The second-order valence-electron chi connectivity index (χ2n) is 9.74. The van der Waals surface area contributed by atoms with Gasteiger partial charge in [-0.05, 0) is 18.6 Å². The van der Waals surface area contributed by atoms with Crippen molar-refractivity contribution in [3.05, 3.63) is 100 Å². The van der Waals surface area contributed by atoms with Crippen molar-refractivity contribution in [1.82, 2.24) is 0 Å². The summed E-state index contributed by atoms with van der Waals surface area (Å²) in [4.78, 5) is 0. The van der Waals surface area contributed by atoms with Gasteiger partial charge in [0.25, 0.3) is 0 Å². The number of rotatable bonds is 11. The van der Waals surface area contributed by atoms with E-state index < -0.39 is 88.1 Å². The molecule has 0 saturated carbocycles. The molecule has 0 N–H and O–H groups in total. The first-order valence-corrected chi connectivity index (χ1v) is 13.1. The summed E-state index contributed by atoms with van der Waals surface area (Å²) in [6.07, 6.45) is -12.1. The molecule has 1 heterocycles. The highest BCUT2D eigenvalue weighted by Gasteiger charge is 2.43. The fraction of sp³-hybridized carbons (Fsp3) is 0.310. The highest BCUT2D eigenvalue weighted by Crippen LogP contribution is 2.41. The highest BCUT2D eigenvalue weighted by atomic mass is 19.3. The molecule has 0 aromatic heterocycles. The molecule has 5 nitrogen and oxygen atoms in total. The quantitative estimate of drug-likeness (QED) is 0.150. The maximum absolute atomic E-state index is 14.8. The molecule has 0 amide bonds. The van der Waals surface area contributed by atoms with E-state index in [1.54, 1.807) is 0 Å². The lowest BCUT2D eigenvalue weighted by Crippen LogP contribution is -2.28. The molecule has 3 aromatic rings. The Labute approximate surface area is 251 Å². The van der Waals surface area contributed by atoms with E-state index in [1.165, 1.54) is 0 Å². The van der Waals surface area contributed by atoms with Crippen LogP contribution in [0.3, 0.4) is 0 Å². The van der Waals surface area contributed by atoms with Gasteiger partial charge in [0.15, 0.2) is 17.9 Å². The third-order valence-corrected chi connectivity index (χ3v) is 6.35. The van der Waals surface area contributed by atoms with Crippen LogP contribution in [0.2, 0.25) is 0 Å². The molecule has 0 atom stereocenters. The topological polar surface area (TPSA) is 46.2 Å². The third-order valence-electron chi connectivity index (χ3n) is 6.35. The van der Waals surface area contributed by atoms with Gasteiger partial charge in [-0.15, -0.1) is 0 Å². The maximum Gasteiger partial charge on any atom is 0.432 e. The van der Waals surface area contributed by atoms with Gasteiger partial charge in [-0.1, -0.05) is 19.4 Å². The molecule has 0 unspecified atom stereocenters. The molecule has 3 aromatic carbocycles. The first-order chi connectivity index (χ1) is 21.5. The molecule has 0 bridgehead atoms. The van der Waals surface area contributed by atoms with E-state index in [1.807, 2.05) is 6.92 Å². The predicted octanol–water partition coefficient (Wildman–Crippen LogP) is 9.51. The standard InChI is InChI=1S/C29H20F12O5/c1-2-3-13-11-42-27(43-12-13)14-4-5-17(18(30)6-14)28(38,39)45-15-7-19(31)23(20(32)8-15)29(40,41)46-16-9-21(33)24(22(34)10-16)44-26(37)25(35)36/h4-10,13,27H,2-3,11-12H2,1H3. The molecule has 17 heteroatoms. The summed E-state index contributed by atoms with van der Waals surface area (Å²) in [5, 5.41) is 0. The average molecular weight is 676 g/mol.